The number of hydrogen-bond donors (Lipinski definition) is 1. The Morgan fingerprint density at radius 1 is 1.16 bits per heavy atom. The average Bonchev–Trinajstić information content (AvgIpc) is 2.35. The molecule has 0 spiro atoms. The molecule has 1 N–H and O–H groups in total. The molecular formula is C16H26BrNO. The van der Waals surface area contributed by atoms with Crippen molar-refractivity contribution in [2.45, 2.75) is 45.4 Å². The number of rotatable bonds is 5. The molecule has 2 nitrogen and oxygen atoms in total. The summed E-state index contributed by atoms with van der Waals surface area (Å²) in [5.74, 6) is 4.64. The second-order valence-electron chi connectivity index (χ2n) is 7.28. The first-order valence-electron chi connectivity index (χ1n) is 8.01. The molecule has 1 unspecified atom stereocenters. The smallest absolute Gasteiger partial charge is 0.223 e. The summed E-state index contributed by atoms with van der Waals surface area (Å²) in [5.41, 5.74) is 0. The Morgan fingerprint density at radius 3 is 2.26 bits per heavy atom. The van der Waals surface area contributed by atoms with Crippen molar-refractivity contribution in [3.63, 3.8) is 0 Å². The van der Waals surface area contributed by atoms with Crippen LogP contribution >= 0.6 is 15.9 Å². The molecular weight excluding hydrogens is 302 g/mol. The van der Waals surface area contributed by atoms with Crippen molar-refractivity contribution in [2.24, 2.45) is 35.5 Å². The molecule has 0 aromatic rings. The van der Waals surface area contributed by atoms with Gasteiger partial charge in [0.2, 0.25) is 5.91 Å². The lowest BCUT2D eigenvalue weighted by Crippen LogP contribution is -2.51. The number of carbonyl (C=O) groups is 1. The molecule has 1 amide bonds. The predicted octanol–water partition coefficient (Wildman–Crippen LogP) is 3.60. The standard InChI is InChI=1S/C16H26BrNO/c1-10(2-3-17)9-18-16(19)15-13-5-11-4-12(7-13)8-14(15)6-11/h10-15H,2-9H2,1H3,(H,18,19). The lowest BCUT2D eigenvalue weighted by Gasteiger charge is -2.53. The van der Waals surface area contributed by atoms with Gasteiger partial charge in [-0.2, -0.15) is 0 Å². The van der Waals surface area contributed by atoms with Crippen LogP contribution in [0.4, 0.5) is 0 Å². The molecule has 0 aromatic heterocycles. The first-order chi connectivity index (χ1) is 9.17. The topological polar surface area (TPSA) is 29.1 Å². The Bertz CT molecular complexity index is 316. The van der Waals surface area contributed by atoms with Crippen molar-refractivity contribution in [1.82, 2.24) is 5.32 Å². The third kappa shape index (κ3) is 2.86. The molecule has 4 bridgehead atoms. The predicted molar refractivity (Wildman–Crippen MR) is 81.1 cm³/mol. The van der Waals surface area contributed by atoms with Crippen LogP contribution in [0.25, 0.3) is 0 Å². The minimum absolute atomic E-state index is 0.351. The Labute approximate surface area is 125 Å². The largest absolute Gasteiger partial charge is 0.356 e. The van der Waals surface area contributed by atoms with Gasteiger partial charge >= 0.3 is 0 Å². The maximum atomic E-state index is 12.5. The van der Waals surface area contributed by atoms with Crippen molar-refractivity contribution in [3.8, 4) is 0 Å². The molecule has 0 aromatic carbocycles. The van der Waals surface area contributed by atoms with E-state index < -0.39 is 0 Å². The van der Waals surface area contributed by atoms with Crippen LogP contribution < -0.4 is 5.32 Å². The van der Waals surface area contributed by atoms with Crippen LogP contribution in [-0.2, 0) is 4.79 Å². The minimum Gasteiger partial charge on any atom is -0.356 e. The van der Waals surface area contributed by atoms with Gasteiger partial charge < -0.3 is 5.32 Å². The minimum atomic E-state index is 0.351. The summed E-state index contributed by atoms with van der Waals surface area (Å²) in [6, 6.07) is 0. The molecule has 1 atom stereocenters. The van der Waals surface area contributed by atoms with Gasteiger partial charge in [0.05, 0.1) is 0 Å². The van der Waals surface area contributed by atoms with Gasteiger partial charge in [-0.3, -0.25) is 4.79 Å². The number of hydrogen-bond acceptors (Lipinski definition) is 1. The van der Waals surface area contributed by atoms with Crippen molar-refractivity contribution in [3.05, 3.63) is 0 Å². The first kappa shape index (κ1) is 13.9. The third-order valence-electron chi connectivity index (χ3n) is 5.76. The Hall–Kier alpha value is -0.0500. The van der Waals surface area contributed by atoms with Crippen LogP contribution in [0, 0.1) is 35.5 Å². The van der Waals surface area contributed by atoms with Gasteiger partial charge in [-0.05, 0) is 68.1 Å². The number of amides is 1. The molecule has 0 aliphatic heterocycles. The summed E-state index contributed by atoms with van der Waals surface area (Å²) in [5, 5.41) is 4.27. The van der Waals surface area contributed by atoms with Gasteiger partial charge in [-0.25, -0.2) is 0 Å². The van der Waals surface area contributed by atoms with E-state index in [9.17, 15) is 4.79 Å². The summed E-state index contributed by atoms with van der Waals surface area (Å²) in [7, 11) is 0. The van der Waals surface area contributed by atoms with Gasteiger partial charge in [-0.15, -0.1) is 0 Å². The molecule has 4 aliphatic carbocycles. The van der Waals surface area contributed by atoms with Crippen LogP contribution in [0.3, 0.4) is 0 Å². The van der Waals surface area contributed by atoms with E-state index in [-0.39, 0.29) is 0 Å². The molecule has 4 aliphatic rings. The van der Waals surface area contributed by atoms with Crippen LogP contribution in [0.15, 0.2) is 0 Å². The summed E-state index contributed by atoms with van der Waals surface area (Å²) < 4.78 is 0. The molecule has 19 heavy (non-hydrogen) atoms. The van der Waals surface area contributed by atoms with E-state index in [4.69, 9.17) is 0 Å². The number of alkyl halides is 1. The molecule has 0 heterocycles. The molecule has 4 fully saturated rings. The van der Waals surface area contributed by atoms with E-state index in [1.54, 1.807) is 0 Å². The Balaban J connectivity index is 1.55. The summed E-state index contributed by atoms with van der Waals surface area (Å²) >= 11 is 3.47. The Morgan fingerprint density at radius 2 is 1.74 bits per heavy atom. The van der Waals surface area contributed by atoms with Crippen molar-refractivity contribution < 1.29 is 4.79 Å². The molecule has 4 rings (SSSR count). The van der Waals surface area contributed by atoms with Crippen molar-refractivity contribution in [1.29, 1.82) is 0 Å². The second kappa shape index (κ2) is 5.75. The van der Waals surface area contributed by atoms with Crippen LogP contribution in [0.1, 0.15) is 45.4 Å². The molecule has 4 saturated carbocycles. The fourth-order valence-electron chi connectivity index (χ4n) is 5.03. The normalized spacial score (nSPS) is 41.3. The molecule has 108 valence electrons. The fraction of sp³-hybridized carbons (Fsp3) is 0.938. The maximum absolute atomic E-state index is 12.5. The van der Waals surface area contributed by atoms with E-state index in [1.807, 2.05) is 0 Å². The highest BCUT2D eigenvalue weighted by Crippen LogP contribution is 2.56. The van der Waals surface area contributed by atoms with E-state index in [0.717, 1.165) is 30.1 Å². The summed E-state index contributed by atoms with van der Waals surface area (Å²) in [4.78, 5) is 12.5. The Kier molecular flexibility index (Phi) is 4.21. The molecule has 0 saturated heterocycles. The van der Waals surface area contributed by atoms with Gasteiger partial charge in [0.15, 0.2) is 0 Å². The quantitative estimate of drug-likeness (QED) is 0.768. The van der Waals surface area contributed by atoms with E-state index in [1.165, 1.54) is 32.1 Å². The van der Waals surface area contributed by atoms with E-state index >= 15 is 0 Å². The van der Waals surface area contributed by atoms with Crippen LogP contribution in [0.5, 0.6) is 0 Å². The van der Waals surface area contributed by atoms with Gasteiger partial charge in [0.1, 0.15) is 0 Å². The van der Waals surface area contributed by atoms with Gasteiger partial charge in [0, 0.05) is 17.8 Å². The third-order valence-corrected chi connectivity index (χ3v) is 6.21. The van der Waals surface area contributed by atoms with Gasteiger partial charge in [-0.1, -0.05) is 22.9 Å². The second-order valence-corrected chi connectivity index (χ2v) is 8.08. The van der Waals surface area contributed by atoms with Crippen LogP contribution in [0.2, 0.25) is 0 Å². The van der Waals surface area contributed by atoms with Crippen molar-refractivity contribution in [2.75, 3.05) is 11.9 Å². The number of carbonyl (C=O) groups excluding carboxylic acids is 1. The van der Waals surface area contributed by atoms with Crippen LogP contribution in [-0.4, -0.2) is 17.8 Å². The summed E-state index contributed by atoms with van der Waals surface area (Å²) in [6.45, 7) is 3.08. The number of halogens is 1. The zero-order chi connectivity index (χ0) is 13.4. The number of nitrogens with one attached hydrogen (secondary N) is 1. The highest BCUT2D eigenvalue weighted by atomic mass is 79.9. The van der Waals surface area contributed by atoms with Gasteiger partial charge in [0.25, 0.3) is 0 Å². The maximum Gasteiger partial charge on any atom is 0.223 e. The molecule has 0 radical (unpaired) electrons. The summed E-state index contributed by atoms with van der Waals surface area (Å²) in [6.07, 6.45) is 7.94. The van der Waals surface area contributed by atoms with E-state index in [0.29, 0.717) is 29.6 Å². The first-order valence-corrected chi connectivity index (χ1v) is 9.13. The lowest BCUT2D eigenvalue weighted by molar-refractivity contribution is -0.138. The monoisotopic (exact) mass is 327 g/mol. The van der Waals surface area contributed by atoms with Crippen molar-refractivity contribution >= 4 is 21.8 Å². The zero-order valence-electron chi connectivity index (χ0n) is 11.9. The SMILES string of the molecule is CC(CCBr)CNC(=O)C1C2CC3CC(C2)CC1C3. The molecule has 3 heteroatoms. The zero-order valence-corrected chi connectivity index (χ0v) is 13.5. The average molecular weight is 328 g/mol. The lowest BCUT2D eigenvalue weighted by atomic mass is 9.51. The highest BCUT2D eigenvalue weighted by molar-refractivity contribution is 9.09. The fourth-order valence-corrected chi connectivity index (χ4v) is 5.82. The highest BCUT2D eigenvalue weighted by Gasteiger charge is 2.50. The van der Waals surface area contributed by atoms with E-state index in [2.05, 4.69) is 28.2 Å².